The monoisotopic (exact) mass is 316 g/mol. The summed E-state index contributed by atoms with van der Waals surface area (Å²) in [6, 6.07) is 7.13. The van der Waals surface area contributed by atoms with E-state index in [9.17, 15) is 9.59 Å². The molecule has 2 aliphatic rings. The second-order valence-electron chi connectivity index (χ2n) is 6.36. The number of hydrogen-bond donors (Lipinski definition) is 1. The molecule has 5 nitrogen and oxygen atoms in total. The molecule has 1 aromatic rings. The van der Waals surface area contributed by atoms with Crippen LogP contribution in [0.3, 0.4) is 0 Å². The average molecular weight is 316 g/mol. The normalized spacial score (nSPS) is 22.9. The van der Waals surface area contributed by atoms with Crippen molar-refractivity contribution < 1.29 is 14.3 Å². The Kier molecular flexibility index (Phi) is 4.96. The lowest BCUT2D eigenvalue weighted by Crippen LogP contribution is -2.32. The number of carbonyl (C=O) groups excluding carboxylic acids is 2. The van der Waals surface area contributed by atoms with Crippen LogP contribution in [-0.2, 0) is 4.79 Å². The zero-order valence-electron chi connectivity index (χ0n) is 13.6. The molecule has 1 amide bonds. The van der Waals surface area contributed by atoms with Crippen LogP contribution in [0.15, 0.2) is 24.3 Å². The molecule has 2 heterocycles. The van der Waals surface area contributed by atoms with Gasteiger partial charge in [0.25, 0.3) is 0 Å². The van der Waals surface area contributed by atoms with Crippen molar-refractivity contribution in [2.45, 2.75) is 19.8 Å². The van der Waals surface area contributed by atoms with Gasteiger partial charge in [0.15, 0.2) is 5.78 Å². The van der Waals surface area contributed by atoms with Crippen LogP contribution in [0.4, 0.5) is 0 Å². The minimum absolute atomic E-state index is 0.0162. The number of likely N-dealkylation sites (tertiary alicyclic amines) is 1. The van der Waals surface area contributed by atoms with E-state index < -0.39 is 0 Å². The Hall–Kier alpha value is -1.88. The summed E-state index contributed by atoms with van der Waals surface area (Å²) in [6.07, 6.45) is 0.579. The van der Waals surface area contributed by atoms with E-state index >= 15 is 0 Å². The number of carbonyl (C=O) groups is 2. The number of hydrogen-bond acceptors (Lipinski definition) is 4. The lowest BCUT2D eigenvalue weighted by Gasteiger charge is -2.17. The molecule has 0 aliphatic carbocycles. The van der Waals surface area contributed by atoms with E-state index in [2.05, 4.69) is 5.32 Å². The van der Waals surface area contributed by atoms with E-state index in [0.29, 0.717) is 30.4 Å². The van der Waals surface area contributed by atoms with Gasteiger partial charge in [0.1, 0.15) is 5.75 Å². The van der Waals surface area contributed by atoms with Crippen molar-refractivity contribution in [3.05, 3.63) is 29.8 Å². The largest absolute Gasteiger partial charge is 0.494 e. The van der Waals surface area contributed by atoms with E-state index in [1.807, 2.05) is 11.8 Å². The second kappa shape index (κ2) is 7.13. The van der Waals surface area contributed by atoms with Gasteiger partial charge in [0.05, 0.1) is 6.61 Å². The van der Waals surface area contributed by atoms with Gasteiger partial charge in [-0.1, -0.05) is 0 Å². The van der Waals surface area contributed by atoms with E-state index in [1.165, 1.54) is 0 Å². The lowest BCUT2D eigenvalue weighted by atomic mass is 10.0. The van der Waals surface area contributed by atoms with Crippen molar-refractivity contribution in [3.8, 4) is 5.75 Å². The zero-order chi connectivity index (χ0) is 16.2. The van der Waals surface area contributed by atoms with Crippen molar-refractivity contribution in [2.24, 2.45) is 11.8 Å². The first kappa shape index (κ1) is 16.0. The number of benzene rings is 1. The fourth-order valence-electron chi connectivity index (χ4n) is 3.49. The summed E-state index contributed by atoms with van der Waals surface area (Å²) >= 11 is 0. The molecular formula is C18H24N2O3. The van der Waals surface area contributed by atoms with Crippen molar-refractivity contribution in [1.82, 2.24) is 10.2 Å². The highest BCUT2D eigenvalue weighted by Gasteiger charge is 2.37. The Morgan fingerprint density at radius 3 is 2.39 bits per heavy atom. The molecule has 0 bridgehead atoms. The molecule has 0 unspecified atom stereocenters. The molecule has 2 fully saturated rings. The molecule has 124 valence electrons. The van der Waals surface area contributed by atoms with Crippen molar-refractivity contribution in [2.75, 3.05) is 32.8 Å². The molecule has 1 N–H and O–H groups in total. The summed E-state index contributed by atoms with van der Waals surface area (Å²) in [5, 5.41) is 3.37. The molecule has 0 spiro atoms. The van der Waals surface area contributed by atoms with Crippen LogP contribution in [-0.4, -0.2) is 49.4 Å². The third-order valence-corrected chi connectivity index (χ3v) is 4.80. The molecule has 0 radical (unpaired) electrons. The van der Waals surface area contributed by atoms with Gasteiger partial charge in [-0.25, -0.2) is 0 Å². The first-order valence-corrected chi connectivity index (χ1v) is 8.42. The van der Waals surface area contributed by atoms with Gasteiger partial charge in [-0.3, -0.25) is 9.59 Å². The van der Waals surface area contributed by atoms with Crippen LogP contribution in [0, 0.1) is 11.8 Å². The van der Waals surface area contributed by atoms with Gasteiger partial charge in [-0.05, 0) is 43.0 Å². The minimum atomic E-state index is 0.0162. The Balaban J connectivity index is 1.47. The highest BCUT2D eigenvalue weighted by atomic mass is 16.5. The number of ether oxygens (including phenoxy) is 1. The Morgan fingerprint density at radius 2 is 1.78 bits per heavy atom. The molecule has 0 aromatic heterocycles. The maximum absolute atomic E-state index is 12.3. The Labute approximate surface area is 137 Å². The summed E-state index contributed by atoms with van der Waals surface area (Å²) in [4.78, 5) is 26.4. The lowest BCUT2D eigenvalue weighted by molar-refractivity contribution is -0.130. The van der Waals surface area contributed by atoms with Gasteiger partial charge >= 0.3 is 0 Å². The van der Waals surface area contributed by atoms with Crippen molar-refractivity contribution in [3.63, 3.8) is 0 Å². The zero-order valence-corrected chi connectivity index (χ0v) is 13.6. The predicted octanol–water partition coefficient (Wildman–Crippen LogP) is 1.73. The molecule has 2 aliphatic heterocycles. The van der Waals surface area contributed by atoms with Crippen LogP contribution in [0.2, 0.25) is 0 Å². The van der Waals surface area contributed by atoms with E-state index in [4.69, 9.17) is 4.74 Å². The quantitative estimate of drug-likeness (QED) is 0.812. The van der Waals surface area contributed by atoms with Crippen LogP contribution in [0.5, 0.6) is 5.75 Å². The number of nitrogens with one attached hydrogen (secondary N) is 1. The number of fused-ring (bicyclic) bond motifs is 1. The van der Waals surface area contributed by atoms with Crippen LogP contribution < -0.4 is 10.1 Å². The number of rotatable bonds is 6. The Morgan fingerprint density at radius 1 is 1.13 bits per heavy atom. The highest BCUT2D eigenvalue weighted by molar-refractivity contribution is 5.98. The summed E-state index contributed by atoms with van der Waals surface area (Å²) in [5.41, 5.74) is 0.642. The van der Waals surface area contributed by atoms with Crippen LogP contribution in [0.1, 0.15) is 30.1 Å². The van der Waals surface area contributed by atoms with E-state index in [-0.39, 0.29) is 18.1 Å². The third-order valence-electron chi connectivity index (χ3n) is 4.80. The van der Waals surface area contributed by atoms with Crippen molar-refractivity contribution >= 4 is 11.7 Å². The fraction of sp³-hybridized carbons (Fsp3) is 0.556. The van der Waals surface area contributed by atoms with E-state index in [0.717, 1.165) is 31.9 Å². The third kappa shape index (κ3) is 3.72. The number of amides is 1. The van der Waals surface area contributed by atoms with Gasteiger partial charge < -0.3 is 15.0 Å². The summed E-state index contributed by atoms with van der Waals surface area (Å²) in [6.45, 7) is 6.24. The predicted molar refractivity (Wildman–Crippen MR) is 87.6 cm³/mol. The van der Waals surface area contributed by atoms with Gasteiger partial charge in [-0.15, -0.1) is 0 Å². The van der Waals surface area contributed by atoms with E-state index in [1.54, 1.807) is 24.3 Å². The maximum atomic E-state index is 12.3. The average Bonchev–Trinajstić information content (AvgIpc) is 3.15. The number of Topliss-reactive ketones (excluding diaryl/α,β-unsaturated/α-hetero) is 1. The molecule has 3 rings (SSSR count). The SMILES string of the molecule is CCOc1ccc(C(=O)CCC(=O)N2C[C@H]3CNC[C@H]3C2)cc1. The Bertz CT molecular complexity index is 558. The molecular weight excluding hydrogens is 292 g/mol. The van der Waals surface area contributed by atoms with Gasteiger partial charge in [0.2, 0.25) is 5.91 Å². The minimum Gasteiger partial charge on any atom is -0.494 e. The topological polar surface area (TPSA) is 58.6 Å². The van der Waals surface area contributed by atoms with Gasteiger partial charge in [0, 0.05) is 44.6 Å². The summed E-state index contributed by atoms with van der Waals surface area (Å²) < 4.78 is 5.37. The highest BCUT2D eigenvalue weighted by Crippen LogP contribution is 2.26. The molecule has 0 saturated carbocycles. The molecule has 2 saturated heterocycles. The molecule has 5 heteroatoms. The molecule has 23 heavy (non-hydrogen) atoms. The molecule has 2 atom stereocenters. The second-order valence-corrected chi connectivity index (χ2v) is 6.36. The fourth-order valence-corrected chi connectivity index (χ4v) is 3.49. The van der Waals surface area contributed by atoms with Gasteiger partial charge in [-0.2, -0.15) is 0 Å². The first-order chi connectivity index (χ1) is 11.2. The van der Waals surface area contributed by atoms with Crippen LogP contribution in [0.25, 0.3) is 0 Å². The number of ketones is 1. The maximum Gasteiger partial charge on any atom is 0.223 e. The summed E-state index contributed by atoms with van der Waals surface area (Å²) in [5.74, 6) is 2.08. The number of nitrogens with zero attached hydrogens (tertiary/aromatic N) is 1. The van der Waals surface area contributed by atoms with Crippen molar-refractivity contribution in [1.29, 1.82) is 0 Å². The molecule has 1 aromatic carbocycles. The first-order valence-electron chi connectivity index (χ1n) is 8.42. The standard InChI is InChI=1S/C18H24N2O3/c1-2-23-16-5-3-13(4-6-16)17(21)7-8-18(22)20-11-14-9-19-10-15(14)12-20/h3-6,14-15,19H,2,7-12H2,1H3/t14-,15+. The smallest absolute Gasteiger partial charge is 0.223 e. The summed E-state index contributed by atoms with van der Waals surface area (Å²) in [7, 11) is 0. The van der Waals surface area contributed by atoms with Crippen LogP contribution >= 0.6 is 0 Å².